The molecule has 0 radical (unpaired) electrons. The van der Waals surface area contributed by atoms with Gasteiger partial charge in [-0.25, -0.2) is 0 Å². The van der Waals surface area contributed by atoms with Crippen LogP contribution < -0.4 is 4.74 Å². The van der Waals surface area contributed by atoms with Gasteiger partial charge in [0, 0.05) is 10.9 Å². The number of ether oxygens (including phenoxy) is 2. The second-order valence-corrected chi connectivity index (χ2v) is 9.13. The summed E-state index contributed by atoms with van der Waals surface area (Å²) < 4.78 is 18.2. The quantitative estimate of drug-likeness (QED) is 0.349. The van der Waals surface area contributed by atoms with E-state index in [0.717, 1.165) is 25.7 Å². The standard InChI is InChI=1S/C23H25IO5/c1-14(25)16-9-17-10-18(28-22(17)19(24)11-16)13-27-20-8-6-5-7-15(20)12-21(26)29-23(2,3)4/h5-11,14,25H,12-13H2,1-4H3. The van der Waals surface area contributed by atoms with E-state index < -0.39 is 11.7 Å². The fourth-order valence-corrected chi connectivity index (χ4v) is 3.75. The molecule has 29 heavy (non-hydrogen) atoms. The normalized spacial score (nSPS) is 12.8. The van der Waals surface area contributed by atoms with Crippen LogP contribution in [0.5, 0.6) is 5.75 Å². The minimum absolute atomic E-state index is 0.142. The number of hydrogen-bond donors (Lipinski definition) is 1. The third kappa shape index (κ3) is 5.73. The predicted octanol–water partition coefficient (Wildman–Crippen LogP) is 5.55. The van der Waals surface area contributed by atoms with Gasteiger partial charge in [0.15, 0.2) is 0 Å². The Morgan fingerprint density at radius 1 is 1.21 bits per heavy atom. The van der Waals surface area contributed by atoms with Gasteiger partial charge in [0.2, 0.25) is 0 Å². The number of esters is 1. The Morgan fingerprint density at radius 2 is 1.93 bits per heavy atom. The topological polar surface area (TPSA) is 68.9 Å². The number of carbonyl (C=O) groups is 1. The van der Waals surface area contributed by atoms with Crippen LogP contribution in [-0.2, 0) is 22.6 Å². The van der Waals surface area contributed by atoms with Gasteiger partial charge in [-0.1, -0.05) is 18.2 Å². The van der Waals surface area contributed by atoms with Crippen molar-refractivity contribution in [3.63, 3.8) is 0 Å². The summed E-state index contributed by atoms with van der Waals surface area (Å²) in [5.74, 6) is 1.00. The third-order valence-electron chi connectivity index (χ3n) is 4.22. The largest absolute Gasteiger partial charge is 0.485 e. The van der Waals surface area contributed by atoms with Gasteiger partial charge in [-0.05, 0) is 80.1 Å². The van der Waals surface area contributed by atoms with Gasteiger partial charge in [-0.2, -0.15) is 0 Å². The van der Waals surface area contributed by atoms with Crippen LogP contribution in [0.4, 0.5) is 0 Å². The fourth-order valence-electron chi connectivity index (χ4n) is 2.97. The van der Waals surface area contributed by atoms with E-state index in [-0.39, 0.29) is 19.0 Å². The molecule has 0 bridgehead atoms. The Balaban J connectivity index is 1.75. The van der Waals surface area contributed by atoms with E-state index in [4.69, 9.17) is 13.9 Å². The van der Waals surface area contributed by atoms with Gasteiger partial charge >= 0.3 is 5.97 Å². The number of rotatable bonds is 6. The lowest BCUT2D eigenvalue weighted by Crippen LogP contribution is -2.25. The van der Waals surface area contributed by atoms with Gasteiger partial charge in [-0.15, -0.1) is 0 Å². The first kappa shape index (κ1) is 21.6. The molecular formula is C23H25IO5. The molecule has 3 rings (SSSR count). The Labute approximate surface area is 184 Å². The highest BCUT2D eigenvalue weighted by Crippen LogP contribution is 2.29. The summed E-state index contributed by atoms with van der Waals surface area (Å²) >= 11 is 2.20. The highest BCUT2D eigenvalue weighted by Gasteiger charge is 2.18. The zero-order valence-electron chi connectivity index (χ0n) is 17.0. The first-order valence-corrected chi connectivity index (χ1v) is 10.5. The first-order valence-electron chi connectivity index (χ1n) is 9.45. The van der Waals surface area contributed by atoms with E-state index in [1.54, 1.807) is 6.92 Å². The number of benzene rings is 2. The number of para-hydroxylation sites is 1. The maximum atomic E-state index is 12.2. The summed E-state index contributed by atoms with van der Waals surface area (Å²) in [6.45, 7) is 7.51. The van der Waals surface area contributed by atoms with Crippen LogP contribution in [0.25, 0.3) is 11.0 Å². The van der Waals surface area contributed by atoms with E-state index in [1.165, 1.54) is 0 Å². The van der Waals surface area contributed by atoms with Gasteiger partial charge in [0.25, 0.3) is 0 Å². The lowest BCUT2D eigenvalue weighted by Gasteiger charge is -2.20. The monoisotopic (exact) mass is 508 g/mol. The molecule has 5 nitrogen and oxygen atoms in total. The molecule has 3 aromatic rings. The maximum absolute atomic E-state index is 12.2. The molecule has 0 saturated heterocycles. The fraction of sp³-hybridized carbons (Fsp3) is 0.348. The van der Waals surface area contributed by atoms with Gasteiger partial charge in [-0.3, -0.25) is 4.79 Å². The molecule has 0 aliphatic rings. The predicted molar refractivity (Wildman–Crippen MR) is 120 cm³/mol. The summed E-state index contributed by atoms with van der Waals surface area (Å²) in [4.78, 5) is 12.2. The first-order chi connectivity index (χ1) is 13.6. The van der Waals surface area contributed by atoms with Crippen LogP contribution in [0, 0.1) is 3.57 Å². The van der Waals surface area contributed by atoms with Crippen molar-refractivity contribution in [2.75, 3.05) is 0 Å². The average molecular weight is 508 g/mol. The molecule has 1 heterocycles. The van der Waals surface area contributed by atoms with Crippen LogP contribution >= 0.6 is 22.6 Å². The van der Waals surface area contributed by atoms with Crippen molar-refractivity contribution >= 4 is 39.5 Å². The maximum Gasteiger partial charge on any atom is 0.310 e. The number of hydrogen-bond acceptors (Lipinski definition) is 5. The molecule has 0 spiro atoms. The average Bonchev–Trinajstić information content (AvgIpc) is 3.03. The molecule has 154 valence electrons. The molecule has 0 fully saturated rings. The molecule has 1 N–H and O–H groups in total. The number of fused-ring (bicyclic) bond motifs is 1. The minimum atomic E-state index is -0.540. The van der Waals surface area contributed by atoms with Crippen molar-refractivity contribution < 1.29 is 23.8 Å². The van der Waals surface area contributed by atoms with Gasteiger partial charge in [0.1, 0.15) is 29.3 Å². The van der Waals surface area contributed by atoms with Gasteiger partial charge in [0.05, 0.1) is 16.1 Å². The zero-order valence-corrected chi connectivity index (χ0v) is 19.1. The summed E-state index contributed by atoms with van der Waals surface area (Å²) in [6, 6.07) is 13.2. The number of furan rings is 1. The lowest BCUT2D eigenvalue weighted by molar-refractivity contribution is -0.153. The molecule has 1 atom stereocenters. The molecule has 0 aliphatic carbocycles. The summed E-state index contributed by atoms with van der Waals surface area (Å²) in [6.07, 6.45) is -0.398. The zero-order chi connectivity index (χ0) is 21.2. The molecule has 6 heteroatoms. The van der Waals surface area contributed by atoms with Crippen molar-refractivity contribution in [3.05, 3.63) is 62.9 Å². The molecule has 2 aromatic carbocycles. The smallest absolute Gasteiger partial charge is 0.310 e. The molecule has 1 unspecified atom stereocenters. The van der Waals surface area contributed by atoms with Crippen LogP contribution in [0.3, 0.4) is 0 Å². The SMILES string of the molecule is CC(O)c1cc(I)c2oc(COc3ccccc3CC(=O)OC(C)(C)C)cc2c1. The molecule has 1 aromatic heterocycles. The van der Waals surface area contributed by atoms with Crippen LogP contribution in [0.15, 0.2) is 46.9 Å². The van der Waals surface area contributed by atoms with E-state index >= 15 is 0 Å². The van der Waals surface area contributed by atoms with Crippen LogP contribution in [-0.4, -0.2) is 16.7 Å². The summed E-state index contributed by atoms with van der Waals surface area (Å²) in [7, 11) is 0. The van der Waals surface area contributed by atoms with E-state index in [9.17, 15) is 9.90 Å². The third-order valence-corrected chi connectivity index (χ3v) is 5.03. The number of aliphatic hydroxyl groups is 1. The Bertz CT molecular complexity index is 1010. The Morgan fingerprint density at radius 3 is 2.62 bits per heavy atom. The Kier molecular flexibility index (Phi) is 6.53. The summed E-state index contributed by atoms with van der Waals surface area (Å²) in [5.41, 5.74) is 1.86. The number of halogens is 1. The van der Waals surface area contributed by atoms with E-state index in [1.807, 2.05) is 63.2 Å². The Hall–Kier alpha value is -2.06. The van der Waals surface area contributed by atoms with E-state index in [2.05, 4.69) is 22.6 Å². The lowest BCUT2D eigenvalue weighted by atomic mass is 10.1. The van der Waals surface area contributed by atoms with Crippen molar-refractivity contribution in [2.24, 2.45) is 0 Å². The highest BCUT2D eigenvalue weighted by atomic mass is 127. The number of aliphatic hydroxyl groups excluding tert-OH is 1. The second kappa shape index (κ2) is 8.75. The molecule has 0 aliphatic heterocycles. The highest BCUT2D eigenvalue weighted by molar-refractivity contribution is 14.1. The van der Waals surface area contributed by atoms with Crippen molar-refractivity contribution in [2.45, 2.75) is 52.4 Å². The van der Waals surface area contributed by atoms with Crippen molar-refractivity contribution in [1.82, 2.24) is 0 Å². The minimum Gasteiger partial charge on any atom is -0.485 e. The summed E-state index contributed by atoms with van der Waals surface area (Å²) in [5, 5.41) is 10.8. The molecule has 0 saturated carbocycles. The van der Waals surface area contributed by atoms with Gasteiger partial charge < -0.3 is 19.0 Å². The molecule has 0 amide bonds. The van der Waals surface area contributed by atoms with Crippen molar-refractivity contribution in [3.8, 4) is 5.75 Å². The van der Waals surface area contributed by atoms with Crippen molar-refractivity contribution in [1.29, 1.82) is 0 Å². The number of carbonyl (C=O) groups excluding carboxylic acids is 1. The molecular weight excluding hydrogens is 483 g/mol. The van der Waals surface area contributed by atoms with Crippen LogP contribution in [0.1, 0.15) is 50.7 Å². The van der Waals surface area contributed by atoms with Crippen LogP contribution in [0.2, 0.25) is 0 Å². The second-order valence-electron chi connectivity index (χ2n) is 7.97. The van der Waals surface area contributed by atoms with E-state index in [0.29, 0.717) is 11.5 Å².